The molecule has 2 aromatic rings. The maximum atomic E-state index is 8.81. The highest BCUT2D eigenvalue weighted by atomic mass is 127. The molecule has 0 fully saturated rings. The minimum Gasteiger partial charge on any atom is -0.192 e. The summed E-state index contributed by atoms with van der Waals surface area (Å²) in [6, 6.07) is 18.0. The molecule has 0 unspecified atom stereocenters. The van der Waals surface area contributed by atoms with E-state index in [0.29, 0.717) is 5.56 Å². The summed E-state index contributed by atoms with van der Waals surface area (Å²) in [5.41, 5.74) is 2.94. The number of halogens is 1. The smallest absolute Gasteiger partial charge is 0.0991 e. The Morgan fingerprint density at radius 3 is 2.27 bits per heavy atom. The number of rotatable bonds is 1. The van der Waals surface area contributed by atoms with Crippen molar-refractivity contribution in [2.75, 3.05) is 0 Å². The Balaban J connectivity index is 2.50. The van der Waals surface area contributed by atoms with E-state index in [1.165, 1.54) is 3.57 Å². The molecule has 72 valence electrons. The van der Waals surface area contributed by atoms with E-state index in [1.807, 2.05) is 30.3 Å². The minimum atomic E-state index is 0.700. The van der Waals surface area contributed by atoms with E-state index in [0.717, 1.165) is 11.1 Å². The molecule has 2 heteroatoms. The van der Waals surface area contributed by atoms with Crippen molar-refractivity contribution >= 4 is 22.6 Å². The van der Waals surface area contributed by atoms with Crippen LogP contribution in [0, 0.1) is 14.9 Å². The largest absolute Gasteiger partial charge is 0.192 e. The van der Waals surface area contributed by atoms with Crippen molar-refractivity contribution in [3.05, 3.63) is 57.7 Å². The SMILES string of the molecule is N#Cc1cccc(-c2cccc(I)c2)c1. The molecule has 0 spiro atoms. The fourth-order valence-corrected chi connectivity index (χ4v) is 1.98. The third-order valence-electron chi connectivity index (χ3n) is 2.15. The van der Waals surface area contributed by atoms with Gasteiger partial charge in [-0.1, -0.05) is 24.3 Å². The number of nitriles is 1. The highest BCUT2D eigenvalue weighted by Crippen LogP contribution is 2.21. The lowest BCUT2D eigenvalue weighted by Crippen LogP contribution is -1.80. The average molecular weight is 305 g/mol. The molecule has 0 aliphatic carbocycles. The number of nitrogens with zero attached hydrogens (tertiary/aromatic N) is 1. The van der Waals surface area contributed by atoms with Crippen molar-refractivity contribution in [2.24, 2.45) is 0 Å². The Hall–Kier alpha value is -1.34. The second-order valence-corrected chi connectivity index (χ2v) is 4.45. The van der Waals surface area contributed by atoms with E-state index in [4.69, 9.17) is 5.26 Å². The first-order valence-electron chi connectivity index (χ1n) is 4.56. The van der Waals surface area contributed by atoms with Crippen LogP contribution in [0.1, 0.15) is 5.56 Å². The fourth-order valence-electron chi connectivity index (χ4n) is 1.44. The zero-order chi connectivity index (χ0) is 10.7. The predicted octanol–water partition coefficient (Wildman–Crippen LogP) is 3.83. The van der Waals surface area contributed by atoms with Crippen LogP contribution in [0.5, 0.6) is 0 Å². The van der Waals surface area contributed by atoms with Gasteiger partial charge in [-0.15, -0.1) is 0 Å². The van der Waals surface area contributed by atoms with E-state index in [2.05, 4.69) is 46.9 Å². The quantitative estimate of drug-likeness (QED) is 0.735. The standard InChI is InChI=1S/C13H8IN/c14-13-6-2-5-12(8-13)11-4-1-3-10(7-11)9-15/h1-8H. The molecule has 0 bridgehead atoms. The molecule has 0 radical (unpaired) electrons. The molecular formula is C13H8IN. The maximum Gasteiger partial charge on any atom is 0.0991 e. The van der Waals surface area contributed by atoms with Gasteiger partial charge in [-0.3, -0.25) is 0 Å². The molecule has 0 amide bonds. The molecular weight excluding hydrogens is 297 g/mol. The summed E-state index contributed by atoms with van der Waals surface area (Å²) in [5, 5.41) is 8.81. The van der Waals surface area contributed by atoms with Crippen molar-refractivity contribution in [2.45, 2.75) is 0 Å². The predicted molar refractivity (Wildman–Crippen MR) is 69.3 cm³/mol. The summed E-state index contributed by atoms with van der Waals surface area (Å²) in [7, 11) is 0. The normalized spacial score (nSPS) is 9.60. The van der Waals surface area contributed by atoms with E-state index >= 15 is 0 Å². The van der Waals surface area contributed by atoms with E-state index in [1.54, 1.807) is 0 Å². The summed E-state index contributed by atoms with van der Waals surface area (Å²) in [6.45, 7) is 0. The van der Waals surface area contributed by atoms with Crippen LogP contribution in [0.25, 0.3) is 11.1 Å². The van der Waals surface area contributed by atoms with Crippen LogP contribution in [-0.2, 0) is 0 Å². The zero-order valence-electron chi connectivity index (χ0n) is 7.94. The first kappa shape index (κ1) is 10.2. The van der Waals surface area contributed by atoms with Crippen molar-refractivity contribution in [1.82, 2.24) is 0 Å². The van der Waals surface area contributed by atoms with Gasteiger partial charge in [0.2, 0.25) is 0 Å². The van der Waals surface area contributed by atoms with Gasteiger partial charge in [-0.05, 0) is 58.0 Å². The van der Waals surface area contributed by atoms with Crippen molar-refractivity contribution < 1.29 is 0 Å². The molecule has 0 aliphatic rings. The van der Waals surface area contributed by atoms with Gasteiger partial charge in [0.25, 0.3) is 0 Å². The minimum absolute atomic E-state index is 0.700. The molecule has 0 saturated carbocycles. The van der Waals surface area contributed by atoms with Gasteiger partial charge in [0.15, 0.2) is 0 Å². The second-order valence-electron chi connectivity index (χ2n) is 3.20. The lowest BCUT2D eigenvalue weighted by Gasteiger charge is -2.02. The molecule has 15 heavy (non-hydrogen) atoms. The Morgan fingerprint density at radius 2 is 1.60 bits per heavy atom. The van der Waals surface area contributed by atoms with Crippen LogP contribution >= 0.6 is 22.6 Å². The average Bonchev–Trinajstić information content (AvgIpc) is 2.29. The summed E-state index contributed by atoms with van der Waals surface area (Å²) in [6.07, 6.45) is 0. The first-order chi connectivity index (χ1) is 7.29. The molecule has 0 saturated heterocycles. The molecule has 2 rings (SSSR count). The van der Waals surface area contributed by atoms with Crippen molar-refractivity contribution in [3.63, 3.8) is 0 Å². The van der Waals surface area contributed by atoms with Crippen molar-refractivity contribution in [3.8, 4) is 17.2 Å². The summed E-state index contributed by atoms with van der Waals surface area (Å²) in [5.74, 6) is 0. The zero-order valence-corrected chi connectivity index (χ0v) is 10.1. The van der Waals surface area contributed by atoms with Gasteiger partial charge in [-0.25, -0.2) is 0 Å². The van der Waals surface area contributed by atoms with Crippen molar-refractivity contribution in [1.29, 1.82) is 5.26 Å². The monoisotopic (exact) mass is 305 g/mol. The van der Waals surface area contributed by atoms with Gasteiger partial charge in [0.1, 0.15) is 0 Å². The second kappa shape index (κ2) is 4.45. The molecule has 0 aliphatic heterocycles. The Labute approximate surface area is 103 Å². The van der Waals surface area contributed by atoms with E-state index in [9.17, 15) is 0 Å². The topological polar surface area (TPSA) is 23.8 Å². The molecule has 2 aromatic carbocycles. The van der Waals surface area contributed by atoms with E-state index in [-0.39, 0.29) is 0 Å². The third-order valence-corrected chi connectivity index (χ3v) is 2.82. The van der Waals surface area contributed by atoms with E-state index < -0.39 is 0 Å². The van der Waals surface area contributed by atoms with Crippen LogP contribution < -0.4 is 0 Å². The number of hydrogen-bond acceptors (Lipinski definition) is 1. The maximum absolute atomic E-state index is 8.81. The van der Waals surface area contributed by atoms with Crippen LogP contribution in [0.15, 0.2) is 48.5 Å². The van der Waals surface area contributed by atoms with Gasteiger partial charge < -0.3 is 0 Å². The third kappa shape index (κ3) is 2.37. The summed E-state index contributed by atoms with van der Waals surface area (Å²) >= 11 is 2.29. The van der Waals surface area contributed by atoms with Crippen LogP contribution in [0.4, 0.5) is 0 Å². The summed E-state index contributed by atoms with van der Waals surface area (Å²) < 4.78 is 1.20. The number of benzene rings is 2. The molecule has 0 heterocycles. The Bertz CT molecular complexity index is 526. The molecule has 0 N–H and O–H groups in total. The van der Waals surface area contributed by atoms with Gasteiger partial charge in [0.05, 0.1) is 11.6 Å². The lowest BCUT2D eigenvalue weighted by atomic mass is 10.0. The fraction of sp³-hybridized carbons (Fsp3) is 0. The lowest BCUT2D eigenvalue weighted by molar-refractivity contribution is 1.48. The molecule has 1 nitrogen and oxygen atoms in total. The van der Waals surface area contributed by atoms with Crippen LogP contribution in [0.2, 0.25) is 0 Å². The highest BCUT2D eigenvalue weighted by molar-refractivity contribution is 14.1. The first-order valence-corrected chi connectivity index (χ1v) is 5.63. The Kier molecular flexibility index (Phi) is 3.02. The van der Waals surface area contributed by atoms with Crippen LogP contribution in [0.3, 0.4) is 0 Å². The van der Waals surface area contributed by atoms with Gasteiger partial charge in [-0.2, -0.15) is 5.26 Å². The molecule has 0 aromatic heterocycles. The number of hydrogen-bond donors (Lipinski definition) is 0. The summed E-state index contributed by atoms with van der Waals surface area (Å²) in [4.78, 5) is 0. The van der Waals surface area contributed by atoms with Crippen LogP contribution in [-0.4, -0.2) is 0 Å². The van der Waals surface area contributed by atoms with Gasteiger partial charge in [0, 0.05) is 3.57 Å². The van der Waals surface area contributed by atoms with Gasteiger partial charge >= 0.3 is 0 Å². The molecule has 0 atom stereocenters. The highest BCUT2D eigenvalue weighted by Gasteiger charge is 1.98. The Morgan fingerprint density at radius 1 is 0.933 bits per heavy atom.